The van der Waals surface area contributed by atoms with Crippen molar-refractivity contribution >= 4 is 33.7 Å². The first-order valence-corrected chi connectivity index (χ1v) is 16.8. The zero-order valence-corrected chi connectivity index (χ0v) is 30.6. The summed E-state index contributed by atoms with van der Waals surface area (Å²) < 4.78 is 22.7. The summed E-state index contributed by atoms with van der Waals surface area (Å²) in [5.74, 6) is 0.0191. The van der Waals surface area contributed by atoms with Crippen molar-refractivity contribution in [1.82, 2.24) is 25.4 Å². The van der Waals surface area contributed by atoms with E-state index in [1.165, 1.54) is 12.1 Å². The first-order chi connectivity index (χ1) is 23.7. The van der Waals surface area contributed by atoms with Gasteiger partial charge in [-0.15, -0.1) is 0 Å². The van der Waals surface area contributed by atoms with Crippen LogP contribution in [0, 0.1) is 26.6 Å². The zero-order valence-electron chi connectivity index (χ0n) is 29.0. The lowest BCUT2D eigenvalue weighted by molar-refractivity contribution is 0.0963. The molecule has 0 saturated heterocycles. The van der Waals surface area contributed by atoms with E-state index in [0.29, 0.717) is 39.3 Å². The van der Waals surface area contributed by atoms with Gasteiger partial charge in [-0.1, -0.05) is 50.6 Å². The average molecular weight is 744 g/mol. The molecule has 0 atom stereocenters. The molecule has 0 bridgehead atoms. The van der Waals surface area contributed by atoms with Crippen molar-refractivity contribution in [2.75, 3.05) is 12.4 Å². The Bertz CT molecular complexity index is 2130. The van der Waals surface area contributed by atoms with Crippen LogP contribution < -0.4 is 26.2 Å². The molecule has 5 rings (SSSR count). The molecule has 5 aromatic rings. The van der Waals surface area contributed by atoms with Crippen LogP contribution in [-0.4, -0.2) is 33.8 Å². The molecule has 0 aliphatic rings. The largest absolute Gasteiger partial charge is 0.487 e. The third-order valence-corrected chi connectivity index (χ3v) is 9.00. The number of rotatable bonds is 9. The molecule has 3 aromatic carbocycles. The number of nitrogens with one attached hydrogen (secondary N) is 4. The quantitative estimate of drug-likeness (QED) is 0.124. The highest BCUT2D eigenvalue weighted by Crippen LogP contribution is 2.39. The number of hydrogen-bond donors (Lipinski definition) is 4. The van der Waals surface area contributed by atoms with Gasteiger partial charge in [0.1, 0.15) is 28.5 Å². The van der Waals surface area contributed by atoms with Crippen molar-refractivity contribution in [3.05, 3.63) is 127 Å². The van der Waals surface area contributed by atoms with E-state index in [4.69, 9.17) is 9.84 Å². The lowest BCUT2D eigenvalue weighted by Crippen LogP contribution is -2.29. The number of amides is 3. The number of urea groups is 1. The van der Waals surface area contributed by atoms with Crippen LogP contribution in [0.4, 0.5) is 15.0 Å². The van der Waals surface area contributed by atoms with Crippen LogP contribution in [0.1, 0.15) is 64.8 Å². The maximum Gasteiger partial charge on any atom is 0.320 e. The molecular formula is C38H40BrFN6O4. The number of aromatic nitrogens is 3. The summed E-state index contributed by atoms with van der Waals surface area (Å²) >= 11 is 3.39. The van der Waals surface area contributed by atoms with E-state index in [1.54, 1.807) is 36.9 Å². The van der Waals surface area contributed by atoms with E-state index in [9.17, 15) is 18.8 Å². The van der Waals surface area contributed by atoms with Gasteiger partial charge >= 0.3 is 6.03 Å². The fourth-order valence-electron chi connectivity index (χ4n) is 5.41. The molecule has 10 nitrogen and oxygen atoms in total. The summed E-state index contributed by atoms with van der Waals surface area (Å²) in [6.07, 6.45) is 0. The minimum Gasteiger partial charge on any atom is -0.487 e. The Balaban J connectivity index is 1.39. The number of carbonyl (C=O) groups excluding carboxylic acids is 2. The second-order valence-corrected chi connectivity index (χ2v) is 13.9. The molecule has 0 unspecified atom stereocenters. The van der Waals surface area contributed by atoms with Gasteiger partial charge in [0.2, 0.25) is 0 Å². The van der Waals surface area contributed by atoms with E-state index in [2.05, 4.69) is 36.9 Å². The number of ether oxygens (including phenoxy) is 1. The van der Waals surface area contributed by atoms with Crippen LogP contribution in [0.3, 0.4) is 0 Å². The fourth-order valence-corrected chi connectivity index (χ4v) is 5.82. The number of benzene rings is 3. The molecule has 0 spiro atoms. The lowest BCUT2D eigenvalue weighted by Gasteiger charge is -2.19. The van der Waals surface area contributed by atoms with Crippen LogP contribution >= 0.6 is 15.9 Å². The highest BCUT2D eigenvalue weighted by Gasteiger charge is 2.23. The summed E-state index contributed by atoms with van der Waals surface area (Å²) in [6, 6.07) is 18.7. The van der Waals surface area contributed by atoms with E-state index in [1.807, 2.05) is 71.0 Å². The van der Waals surface area contributed by atoms with Gasteiger partial charge in [0, 0.05) is 41.9 Å². The molecule has 2 heterocycles. The molecule has 4 N–H and O–H groups in total. The number of halogens is 2. The molecule has 260 valence electrons. The van der Waals surface area contributed by atoms with E-state index < -0.39 is 17.4 Å². The molecule has 0 aliphatic carbocycles. The first-order valence-electron chi connectivity index (χ1n) is 16.0. The molecule has 12 heteroatoms. The van der Waals surface area contributed by atoms with Crippen molar-refractivity contribution in [2.45, 2.75) is 60.1 Å². The van der Waals surface area contributed by atoms with Crippen molar-refractivity contribution in [3.8, 4) is 22.6 Å². The highest BCUT2D eigenvalue weighted by atomic mass is 79.9. The molecule has 0 radical (unpaired) electrons. The Morgan fingerprint density at radius 3 is 2.38 bits per heavy atom. The van der Waals surface area contributed by atoms with Gasteiger partial charge in [0.15, 0.2) is 0 Å². The molecule has 2 aromatic heterocycles. The number of H-pyrrole nitrogens is 1. The van der Waals surface area contributed by atoms with Crippen molar-refractivity contribution in [3.63, 3.8) is 0 Å². The second-order valence-electron chi connectivity index (χ2n) is 13.1. The Morgan fingerprint density at radius 2 is 1.70 bits per heavy atom. The third kappa shape index (κ3) is 7.97. The van der Waals surface area contributed by atoms with E-state index in [0.717, 1.165) is 22.5 Å². The number of anilines is 1. The van der Waals surface area contributed by atoms with Gasteiger partial charge in [-0.05, 0) is 95.4 Å². The predicted molar refractivity (Wildman–Crippen MR) is 197 cm³/mol. The van der Waals surface area contributed by atoms with Gasteiger partial charge in [-0.2, -0.15) is 5.10 Å². The summed E-state index contributed by atoms with van der Waals surface area (Å²) in [4.78, 5) is 41.4. The summed E-state index contributed by atoms with van der Waals surface area (Å²) in [7, 11) is 1.56. The molecule has 50 heavy (non-hydrogen) atoms. The zero-order chi connectivity index (χ0) is 36.3. The Labute approximate surface area is 298 Å². The summed E-state index contributed by atoms with van der Waals surface area (Å²) in [5.41, 5.74) is 6.27. The van der Waals surface area contributed by atoms with Crippen molar-refractivity contribution < 1.29 is 18.7 Å². The van der Waals surface area contributed by atoms with Crippen molar-refractivity contribution in [2.24, 2.45) is 0 Å². The molecule has 0 aliphatic heterocycles. The first kappa shape index (κ1) is 36.1. The highest BCUT2D eigenvalue weighted by molar-refractivity contribution is 9.10. The second kappa shape index (κ2) is 14.7. The lowest BCUT2D eigenvalue weighted by atomic mass is 9.92. The SMILES string of the molecule is CNC(=O)c1ccc(C)c(-c2c(C)[nH]c(=O)c(Br)c2OCc2ccc(F)cc2CNC(=O)Nc2cc(C(C)(C)C)nn2-c2ccc(C)cc2)c1. The minimum absolute atomic E-state index is 0.0111. The smallest absolute Gasteiger partial charge is 0.320 e. The maximum absolute atomic E-state index is 14.5. The monoisotopic (exact) mass is 742 g/mol. The van der Waals surface area contributed by atoms with Crippen LogP contribution in [0.2, 0.25) is 0 Å². The number of pyridine rings is 1. The number of hydrogen-bond acceptors (Lipinski definition) is 5. The summed E-state index contributed by atoms with van der Waals surface area (Å²) in [6.45, 7) is 11.7. The van der Waals surface area contributed by atoms with Gasteiger partial charge in [-0.25, -0.2) is 13.9 Å². The van der Waals surface area contributed by atoms with Crippen LogP contribution in [0.25, 0.3) is 16.8 Å². The number of nitrogens with zero attached hydrogens (tertiary/aromatic N) is 2. The Hall–Kier alpha value is -5.23. The Morgan fingerprint density at radius 1 is 0.980 bits per heavy atom. The third-order valence-electron chi connectivity index (χ3n) is 8.28. The van der Waals surface area contributed by atoms with Gasteiger partial charge in [0.25, 0.3) is 11.5 Å². The van der Waals surface area contributed by atoms with E-state index >= 15 is 0 Å². The molecular weight excluding hydrogens is 703 g/mol. The van der Waals surface area contributed by atoms with E-state index in [-0.39, 0.29) is 34.7 Å². The molecule has 0 fully saturated rings. The maximum atomic E-state index is 14.5. The molecule has 0 saturated carbocycles. The molecule has 3 amide bonds. The van der Waals surface area contributed by atoms with Crippen LogP contribution in [-0.2, 0) is 18.6 Å². The van der Waals surface area contributed by atoms with Crippen LogP contribution in [0.15, 0.2) is 76.0 Å². The predicted octanol–water partition coefficient (Wildman–Crippen LogP) is 7.61. The minimum atomic E-state index is -0.503. The van der Waals surface area contributed by atoms with Crippen LogP contribution in [0.5, 0.6) is 5.75 Å². The topological polar surface area (TPSA) is 130 Å². The summed E-state index contributed by atoms with van der Waals surface area (Å²) in [5, 5.41) is 13.1. The number of aryl methyl sites for hydroxylation is 3. The standard InChI is InChI=1S/C38H40BrFN6O4/c1-21-8-14-28(15-9-21)46-31(18-30(45-46)38(4,5)6)44-37(49)42-19-26-16-27(40)13-12-25(26)20-50-34-32(23(3)43-36(48)33(34)39)29-17-24(35(47)41-7)11-10-22(29)2/h8-18H,19-20H2,1-7H3,(H,41,47)(H,43,48)(H2,42,44,49). The Kier molecular flexibility index (Phi) is 10.6. The van der Waals surface area contributed by atoms with Gasteiger partial charge in [0.05, 0.1) is 11.4 Å². The normalized spacial score (nSPS) is 11.3. The fraction of sp³-hybridized carbons (Fsp3) is 0.263. The number of aromatic amines is 1. The van der Waals surface area contributed by atoms with Gasteiger partial charge in [-0.3, -0.25) is 14.9 Å². The van der Waals surface area contributed by atoms with Crippen molar-refractivity contribution in [1.29, 1.82) is 0 Å². The van der Waals surface area contributed by atoms with Gasteiger partial charge < -0.3 is 20.4 Å². The average Bonchev–Trinajstić information content (AvgIpc) is 3.50. The number of carbonyl (C=O) groups is 2.